The average Bonchev–Trinajstić information content (AvgIpc) is 2.14. The van der Waals surface area contributed by atoms with Gasteiger partial charge in [0.1, 0.15) is 0 Å². The molecule has 0 aliphatic rings. The van der Waals surface area contributed by atoms with Crippen LogP contribution in [0.2, 0.25) is 0 Å². The van der Waals surface area contributed by atoms with E-state index in [1.54, 1.807) is 0 Å². The number of aromatic nitrogens is 3. The molecule has 42 valence electrons. The van der Waals surface area contributed by atoms with Crippen LogP contribution in [-0.2, 0) is 0 Å². The summed E-state index contributed by atoms with van der Waals surface area (Å²) in [5.41, 5.74) is 5.00. The molecular weight excluding hydrogens is 110 g/mol. The molecule has 0 unspecified atom stereocenters. The van der Waals surface area contributed by atoms with E-state index in [0.717, 1.165) is 0 Å². The van der Waals surface area contributed by atoms with E-state index in [2.05, 4.69) is 20.4 Å². The topological polar surface area (TPSA) is 97.0 Å². The maximum Gasteiger partial charge on any atom is 0.288 e. The largest absolute Gasteiger partial charge is 0.366 e. The van der Waals surface area contributed by atoms with Gasteiger partial charge >= 0.3 is 0 Å². The average molecular weight is 113 g/mol. The van der Waals surface area contributed by atoms with Crippen molar-refractivity contribution in [2.45, 2.75) is 0 Å². The second-order valence-electron chi connectivity index (χ2n) is 1.11. The van der Waals surface area contributed by atoms with E-state index >= 15 is 0 Å². The Morgan fingerprint density at radius 3 is 2.75 bits per heavy atom. The SMILES string of the molecule is Nc1n[nH]c(N=O)n1. The summed E-state index contributed by atoms with van der Waals surface area (Å²) in [7, 11) is 0. The van der Waals surface area contributed by atoms with Gasteiger partial charge < -0.3 is 5.73 Å². The quantitative estimate of drug-likeness (QED) is 0.492. The molecule has 0 fully saturated rings. The molecule has 1 rings (SSSR count). The van der Waals surface area contributed by atoms with Gasteiger partial charge in [0, 0.05) is 5.18 Å². The molecule has 0 aromatic carbocycles. The molecule has 6 heteroatoms. The smallest absolute Gasteiger partial charge is 0.288 e. The summed E-state index contributed by atoms with van der Waals surface area (Å²) in [5, 5.41) is 7.96. The Hall–Kier alpha value is -1.46. The highest BCUT2D eigenvalue weighted by molar-refractivity contribution is 5.22. The number of nitrogens with two attached hydrogens (primary N) is 1. The first-order chi connectivity index (χ1) is 3.83. The Kier molecular flexibility index (Phi) is 0.918. The molecule has 0 radical (unpaired) electrons. The van der Waals surface area contributed by atoms with Crippen LogP contribution in [-0.4, -0.2) is 15.2 Å². The third kappa shape index (κ3) is 0.625. The highest BCUT2D eigenvalue weighted by Crippen LogP contribution is 2.00. The molecule has 6 nitrogen and oxygen atoms in total. The van der Waals surface area contributed by atoms with Crippen molar-refractivity contribution in [3.63, 3.8) is 0 Å². The molecule has 0 aliphatic heterocycles. The lowest BCUT2D eigenvalue weighted by Gasteiger charge is -1.67. The van der Waals surface area contributed by atoms with Crippen molar-refractivity contribution in [3.8, 4) is 0 Å². The minimum atomic E-state index is -0.0949. The normalized spacial score (nSPS) is 9.00. The Bertz CT molecular complexity index is 192. The lowest BCUT2D eigenvalue weighted by Crippen LogP contribution is -1.84. The number of hydrogen-bond donors (Lipinski definition) is 2. The Labute approximate surface area is 44.1 Å². The minimum absolute atomic E-state index is 0.0274. The second kappa shape index (κ2) is 1.57. The van der Waals surface area contributed by atoms with Gasteiger partial charge in [0.2, 0.25) is 5.95 Å². The fourth-order valence-corrected chi connectivity index (χ4v) is 0.307. The highest BCUT2D eigenvalue weighted by atomic mass is 16.3. The maximum absolute atomic E-state index is 9.58. The number of rotatable bonds is 1. The van der Waals surface area contributed by atoms with Crippen LogP contribution in [0.4, 0.5) is 11.9 Å². The zero-order valence-corrected chi connectivity index (χ0v) is 3.83. The number of nitrogens with zero attached hydrogens (tertiary/aromatic N) is 3. The van der Waals surface area contributed by atoms with E-state index < -0.39 is 0 Å². The van der Waals surface area contributed by atoms with Gasteiger partial charge in [0.15, 0.2) is 0 Å². The van der Waals surface area contributed by atoms with Gasteiger partial charge in [-0.25, -0.2) is 5.10 Å². The summed E-state index contributed by atoms with van der Waals surface area (Å²) < 4.78 is 0. The zero-order valence-electron chi connectivity index (χ0n) is 3.83. The molecule has 8 heavy (non-hydrogen) atoms. The summed E-state index contributed by atoms with van der Waals surface area (Å²) in [6.45, 7) is 0. The first-order valence-corrected chi connectivity index (χ1v) is 1.84. The fourth-order valence-electron chi connectivity index (χ4n) is 0.307. The number of hydrogen-bond acceptors (Lipinski definition) is 5. The Morgan fingerprint density at radius 1 is 1.75 bits per heavy atom. The van der Waals surface area contributed by atoms with Crippen LogP contribution in [0, 0.1) is 4.91 Å². The molecule has 0 amide bonds. The number of nitrogens with one attached hydrogen (secondary N) is 1. The minimum Gasteiger partial charge on any atom is -0.366 e. The molecule has 0 aliphatic carbocycles. The highest BCUT2D eigenvalue weighted by Gasteiger charge is 1.94. The van der Waals surface area contributed by atoms with Crippen LogP contribution < -0.4 is 5.73 Å². The van der Waals surface area contributed by atoms with Crippen LogP contribution in [0.5, 0.6) is 0 Å². The maximum atomic E-state index is 9.58. The molecule has 0 spiro atoms. The van der Waals surface area contributed by atoms with Crippen molar-refractivity contribution in [1.82, 2.24) is 15.2 Å². The first kappa shape index (κ1) is 4.69. The van der Waals surface area contributed by atoms with E-state index in [1.165, 1.54) is 0 Å². The van der Waals surface area contributed by atoms with E-state index in [4.69, 9.17) is 5.73 Å². The number of nitrogen functional groups attached to an aromatic ring is 1. The van der Waals surface area contributed by atoms with Crippen molar-refractivity contribution < 1.29 is 0 Å². The summed E-state index contributed by atoms with van der Waals surface area (Å²) >= 11 is 0. The Morgan fingerprint density at radius 2 is 2.50 bits per heavy atom. The van der Waals surface area contributed by atoms with Crippen molar-refractivity contribution in [1.29, 1.82) is 0 Å². The van der Waals surface area contributed by atoms with Crippen molar-refractivity contribution in [2.24, 2.45) is 5.18 Å². The second-order valence-corrected chi connectivity index (χ2v) is 1.11. The fraction of sp³-hybridized carbons (Fsp3) is 0. The van der Waals surface area contributed by atoms with E-state index in [9.17, 15) is 4.91 Å². The predicted molar refractivity (Wildman–Crippen MR) is 26.3 cm³/mol. The number of anilines is 1. The molecule has 0 atom stereocenters. The monoisotopic (exact) mass is 113 g/mol. The molecule has 1 aromatic heterocycles. The van der Waals surface area contributed by atoms with Crippen LogP contribution in [0.25, 0.3) is 0 Å². The number of aromatic amines is 1. The third-order valence-corrected chi connectivity index (χ3v) is 0.577. The van der Waals surface area contributed by atoms with Gasteiger partial charge in [-0.05, 0) is 0 Å². The van der Waals surface area contributed by atoms with Crippen LogP contribution in [0.1, 0.15) is 0 Å². The van der Waals surface area contributed by atoms with Crippen molar-refractivity contribution >= 4 is 11.9 Å². The molecule has 0 saturated heterocycles. The third-order valence-electron chi connectivity index (χ3n) is 0.577. The van der Waals surface area contributed by atoms with Gasteiger partial charge in [-0.2, -0.15) is 4.98 Å². The predicted octanol–water partition coefficient (Wildman–Crippen LogP) is -0.215. The van der Waals surface area contributed by atoms with Crippen molar-refractivity contribution in [2.75, 3.05) is 5.73 Å². The molecule has 0 bridgehead atoms. The number of H-pyrrole nitrogens is 1. The molecule has 1 heterocycles. The van der Waals surface area contributed by atoms with Crippen LogP contribution in [0.3, 0.4) is 0 Å². The van der Waals surface area contributed by atoms with Gasteiger partial charge in [-0.15, -0.1) is 10.0 Å². The van der Waals surface area contributed by atoms with Crippen LogP contribution >= 0.6 is 0 Å². The van der Waals surface area contributed by atoms with E-state index in [0.29, 0.717) is 0 Å². The summed E-state index contributed by atoms with van der Waals surface area (Å²) in [4.78, 5) is 12.9. The van der Waals surface area contributed by atoms with Gasteiger partial charge in [0.05, 0.1) is 0 Å². The zero-order chi connectivity index (χ0) is 5.98. The summed E-state index contributed by atoms with van der Waals surface area (Å²) in [5.74, 6) is -0.0675. The lowest BCUT2D eigenvalue weighted by atomic mass is 11.0. The van der Waals surface area contributed by atoms with Gasteiger partial charge in [0.25, 0.3) is 5.95 Å². The van der Waals surface area contributed by atoms with E-state index in [-0.39, 0.29) is 11.9 Å². The molecular formula is C2H3N5O. The first-order valence-electron chi connectivity index (χ1n) is 1.84. The Balaban J connectivity index is 3.00. The molecule has 1 aromatic rings. The standard InChI is InChI=1S/C2H3N5O/c3-1-4-2(7-8)6-5-1/h(H3,3,4,5,6). The number of nitroso groups, excluding NO2 is 1. The van der Waals surface area contributed by atoms with Gasteiger partial charge in [-0.1, -0.05) is 0 Å². The summed E-state index contributed by atoms with van der Waals surface area (Å²) in [6, 6.07) is 0. The van der Waals surface area contributed by atoms with Crippen LogP contribution in [0.15, 0.2) is 5.18 Å². The van der Waals surface area contributed by atoms with Gasteiger partial charge in [-0.3, -0.25) is 0 Å². The summed E-state index contributed by atoms with van der Waals surface area (Å²) in [6.07, 6.45) is 0. The van der Waals surface area contributed by atoms with Crippen molar-refractivity contribution in [3.05, 3.63) is 4.91 Å². The lowest BCUT2D eigenvalue weighted by molar-refractivity contribution is 1.09. The molecule has 0 saturated carbocycles. The van der Waals surface area contributed by atoms with E-state index in [1.807, 2.05) is 0 Å². The molecule has 3 N–H and O–H groups in total.